The van der Waals surface area contributed by atoms with Crippen LogP contribution in [0, 0.1) is 0 Å². The lowest BCUT2D eigenvalue weighted by Crippen LogP contribution is -1.73. The SMILES string of the molecule is CP(C)C.Cl.c1ccc(-c2ccccc2)cc1. The van der Waals surface area contributed by atoms with Gasteiger partial charge in [0.25, 0.3) is 0 Å². The summed E-state index contributed by atoms with van der Waals surface area (Å²) in [7, 11) is 0.380. The van der Waals surface area contributed by atoms with E-state index in [1.165, 1.54) is 11.1 Å². The van der Waals surface area contributed by atoms with E-state index in [0.29, 0.717) is 7.92 Å². The third-order valence-corrected chi connectivity index (χ3v) is 1.88. The van der Waals surface area contributed by atoms with Gasteiger partial charge in [-0.2, -0.15) is 0 Å². The van der Waals surface area contributed by atoms with Gasteiger partial charge >= 0.3 is 0 Å². The molecule has 0 aliphatic carbocycles. The Bertz CT molecular complexity index is 344. The van der Waals surface area contributed by atoms with Crippen molar-refractivity contribution in [3.8, 4) is 11.1 Å². The molecule has 2 aromatic carbocycles. The van der Waals surface area contributed by atoms with E-state index in [9.17, 15) is 0 Å². The average molecular weight is 267 g/mol. The minimum atomic E-state index is 0. The van der Waals surface area contributed by atoms with Crippen LogP contribution in [0.5, 0.6) is 0 Å². The second-order valence-electron chi connectivity index (χ2n) is 4.07. The van der Waals surface area contributed by atoms with Crippen molar-refractivity contribution in [1.29, 1.82) is 0 Å². The normalized spacial score (nSPS) is 8.94. The summed E-state index contributed by atoms with van der Waals surface area (Å²) in [5.74, 6) is 0. The zero-order chi connectivity index (χ0) is 11.8. The first-order valence-corrected chi connectivity index (χ1v) is 8.10. The molecule has 92 valence electrons. The molecule has 0 saturated carbocycles. The van der Waals surface area contributed by atoms with Gasteiger partial charge in [0.2, 0.25) is 0 Å². The van der Waals surface area contributed by atoms with E-state index in [-0.39, 0.29) is 12.4 Å². The third-order valence-electron chi connectivity index (χ3n) is 1.88. The molecule has 2 aromatic rings. The van der Waals surface area contributed by atoms with Crippen molar-refractivity contribution in [1.82, 2.24) is 0 Å². The predicted octanol–water partition coefficient (Wildman–Crippen LogP) is 5.13. The van der Waals surface area contributed by atoms with Crippen molar-refractivity contribution in [3.05, 3.63) is 60.7 Å². The predicted molar refractivity (Wildman–Crippen MR) is 83.8 cm³/mol. The largest absolute Gasteiger partial charge is 0.147 e. The number of benzene rings is 2. The first-order valence-electron chi connectivity index (χ1n) is 5.41. The molecule has 0 N–H and O–H groups in total. The summed E-state index contributed by atoms with van der Waals surface area (Å²) in [4.78, 5) is 0. The maximum absolute atomic E-state index is 2.23. The third kappa shape index (κ3) is 7.15. The molecule has 2 heteroatoms. The van der Waals surface area contributed by atoms with Crippen LogP contribution in [0.2, 0.25) is 0 Å². The Balaban J connectivity index is 0.000000453. The molecule has 0 aliphatic heterocycles. The van der Waals surface area contributed by atoms with Crippen molar-refractivity contribution < 1.29 is 0 Å². The summed E-state index contributed by atoms with van der Waals surface area (Å²) in [6.45, 7) is 6.69. The molecule has 0 radical (unpaired) electrons. The minimum absolute atomic E-state index is 0. The fourth-order valence-electron chi connectivity index (χ4n) is 1.26. The molecule has 0 atom stereocenters. The van der Waals surface area contributed by atoms with Crippen LogP contribution in [0.1, 0.15) is 0 Å². The summed E-state index contributed by atoms with van der Waals surface area (Å²) >= 11 is 0. The smallest absolute Gasteiger partial charge is 0.0184 e. The van der Waals surface area contributed by atoms with Crippen LogP contribution in [-0.2, 0) is 0 Å². The van der Waals surface area contributed by atoms with Crippen molar-refractivity contribution >= 4 is 20.3 Å². The molecule has 2 rings (SSSR count). The topological polar surface area (TPSA) is 0 Å². The Labute approximate surface area is 112 Å². The van der Waals surface area contributed by atoms with E-state index >= 15 is 0 Å². The van der Waals surface area contributed by atoms with Crippen LogP contribution in [0.15, 0.2) is 60.7 Å². The Kier molecular flexibility index (Phi) is 8.76. The Morgan fingerprint density at radius 1 is 0.588 bits per heavy atom. The molecule has 0 bridgehead atoms. The van der Waals surface area contributed by atoms with Gasteiger partial charge in [-0.3, -0.25) is 0 Å². The summed E-state index contributed by atoms with van der Waals surface area (Å²) in [5, 5.41) is 0. The second kappa shape index (κ2) is 9.22. The van der Waals surface area contributed by atoms with E-state index < -0.39 is 0 Å². The van der Waals surface area contributed by atoms with Gasteiger partial charge in [-0.15, -0.1) is 20.3 Å². The molecule has 0 amide bonds. The van der Waals surface area contributed by atoms with Gasteiger partial charge in [-0.05, 0) is 31.1 Å². The number of hydrogen-bond acceptors (Lipinski definition) is 0. The standard InChI is InChI=1S/C12H10.C3H9P.ClH/c1-3-7-11(8-4-1)12-9-5-2-6-10-12;1-4(2)3;/h1-10H;1-3H3;1H. The van der Waals surface area contributed by atoms with Gasteiger partial charge < -0.3 is 0 Å². The van der Waals surface area contributed by atoms with E-state index in [4.69, 9.17) is 0 Å². The molecular formula is C15H20ClP. The zero-order valence-corrected chi connectivity index (χ0v) is 12.3. The highest BCUT2D eigenvalue weighted by Crippen LogP contribution is 2.17. The Hall–Kier alpha value is -0.840. The highest BCUT2D eigenvalue weighted by molar-refractivity contribution is 7.55. The summed E-state index contributed by atoms with van der Waals surface area (Å²) < 4.78 is 0. The number of halogens is 1. The van der Waals surface area contributed by atoms with Crippen LogP contribution >= 0.6 is 20.3 Å². The quantitative estimate of drug-likeness (QED) is 0.628. The number of rotatable bonds is 1. The van der Waals surface area contributed by atoms with Gasteiger partial charge in [0.05, 0.1) is 0 Å². The fourth-order valence-corrected chi connectivity index (χ4v) is 1.26. The van der Waals surface area contributed by atoms with E-state index in [1.54, 1.807) is 0 Å². The van der Waals surface area contributed by atoms with Gasteiger partial charge in [0.15, 0.2) is 0 Å². The first-order chi connectivity index (χ1) is 7.70. The van der Waals surface area contributed by atoms with Crippen LogP contribution in [0.4, 0.5) is 0 Å². The average Bonchev–Trinajstić information content (AvgIpc) is 2.31. The van der Waals surface area contributed by atoms with Crippen molar-refractivity contribution in [3.63, 3.8) is 0 Å². The lowest BCUT2D eigenvalue weighted by molar-refractivity contribution is 1.62. The fraction of sp³-hybridized carbons (Fsp3) is 0.200. The number of hydrogen-bond donors (Lipinski definition) is 0. The van der Waals surface area contributed by atoms with Crippen molar-refractivity contribution in [2.75, 3.05) is 20.0 Å². The van der Waals surface area contributed by atoms with E-state index in [2.05, 4.69) is 68.5 Å². The van der Waals surface area contributed by atoms with Crippen LogP contribution in [0.25, 0.3) is 11.1 Å². The van der Waals surface area contributed by atoms with Crippen molar-refractivity contribution in [2.45, 2.75) is 0 Å². The Morgan fingerprint density at radius 2 is 0.824 bits per heavy atom. The second-order valence-corrected chi connectivity index (χ2v) is 6.76. The van der Waals surface area contributed by atoms with Gasteiger partial charge in [-0.25, -0.2) is 0 Å². The summed E-state index contributed by atoms with van der Waals surface area (Å²) in [6.07, 6.45) is 0. The molecular weight excluding hydrogens is 247 g/mol. The zero-order valence-electron chi connectivity index (χ0n) is 10.6. The van der Waals surface area contributed by atoms with Crippen LogP contribution in [0.3, 0.4) is 0 Å². The minimum Gasteiger partial charge on any atom is -0.147 e. The molecule has 0 unspecified atom stereocenters. The van der Waals surface area contributed by atoms with E-state index in [0.717, 1.165) is 0 Å². The molecule has 17 heavy (non-hydrogen) atoms. The van der Waals surface area contributed by atoms with Crippen LogP contribution in [-0.4, -0.2) is 20.0 Å². The van der Waals surface area contributed by atoms with E-state index in [1.807, 2.05) is 12.1 Å². The summed E-state index contributed by atoms with van der Waals surface area (Å²) in [5.41, 5.74) is 2.55. The Morgan fingerprint density at radius 3 is 1.06 bits per heavy atom. The molecule has 0 fully saturated rings. The lowest BCUT2D eigenvalue weighted by atomic mass is 10.1. The monoisotopic (exact) mass is 266 g/mol. The van der Waals surface area contributed by atoms with Gasteiger partial charge in [0.1, 0.15) is 0 Å². The lowest BCUT2D eigenvalue weighted by Gasteiger charge is -1.98. The maximum Gasteiger partial charge on any atom is -0.0184 e. The molecule has 0 nitrogen and oxygen atoms in total. The summed E-state index contributed by atoms with van der Waals surface area (Å²) in [6, 6.07) is 20.8. The van der Waals surface area contributed by atoms with Gasteiger partial charge in [-0.1, -0.05) is 60.7 Å². The van der Waals surface area contributed by atoms with Gasteiger partial charge in [0, 0.05) is 0 Å². The molecule has 0 aliphatic rings. The molecule has 0 saturated heterocycles. The highest BCUT2D eigenvalue weighted by Gasteiger charge is 1.91. The molecule has 0 heterocycles. The highest BCUT2D eigenvalue weighted by atomic mass is 35.5. The first kappa shape index (κ1) is 16.2. The maximum atomic E-state index is 2.23. The van der Waals surface area contributed by atoms with Crippen molar-refractivity contribution in [2.24, 2.45) is 0 Å². The van der Waals surface area contributed by atoms with Crippen LogP contribution < -0.4 is 0 Å². The molecule has 0 spiro atoms. The molecule has 0 aromatic heterocycles.